The highest BCUT2D eigenvalue weighted by Gasteiger charge is 2.29. The lowest BCUT2D eigenvalue weighted by molar-refractivity contribution is 0.691. The van der Waals surface area contributed by atoms with Gasteiger partial charge in [-0.25, -0.2) is 0 Å². The van der Waals surface area contributed by atoms with E-state index in [9.17, 15) is 0 Å². The maximum absolute atomic E-state index is 4.68. The van der Waals surface area contributed by atoms with Crippen LogP contribution in [0.3, 0.4) is 0 Å². The highest BCUT2D eigenvalue weighted by atomic mass is 15.2. The fourth-order valence-corrected chi connectivity index (χ4v) is 3.16. The maximum atomic E-state index is 4.68. The molecule has 0 spiro atoms. The van der Waals surface area contributed by atoms with Gasteiger partial charge in [-0.15, -0.1) is 0 Å². The molecule has 3 aromatic rings. The molecule has 7 nitrogen and oxygen atoms in total. The van der Waals surface area contributed by atoms with Gasteiger partial charge in [-0.3, -0.25) is 5.10 Å². The summed E-state index contributed by atoms with van der Waals surface area (Å²) < 4.78 is 0. The number of rotatable bonds is 6. The van der Waals surface area contributed by atoms with Crippen LogP contribution in [-0.4, -0.2) is 31.2 Å². The van der Waals surface area contributed by atoms with E-state index in [1.54, 1.807) is 0 Å². The standard InChI is InChI=1S/C17H21N7/c1-9(10-2-3-10)19-16-12-6-7-18-15(12)21-17(22-16)20-14-8-13(23-24-14)11-4-5-11/h6-11H,2-5H2,1H3,(H4,18,19,20,21,22,23,24). The summed E-state index contributed by atoms with van der Waals surface area (Å²) in [5.41, 5.74) is 2.02. The van der Waals surface area contributed by atoms with Crippen molar-refractivity contribution in [2.75, 3.05) is 10.6 Å². The van der Waals surface area contributed by atoms with E-state index in [1.165, 1.54) is 31.4 Å². The Morgan fingerprint density at radius 2 is 2.08 bits per heavy atom. The summed E-state index contributed by atoms with van der Waals surface area (Å²) in [4.78, 5) is 12.4. The van der Waals surface area contributed by atoms with E-state index in [-0.39, 0.29) is 0 Å². The van der Waals surface area contributed by atoms with Gasteiger partial charge in [0, 0.05) is 29.9 Å². The monoisotopic (exact) mass is 323 g/mol. The zero-order valence-corrected chi connectivity index (χ0v) is 13.6. The molecule has 24 heavy (non-hydrogen) atoms. The molecule has 3 aromatic heterocycles. The average Bonchev–Trinajstić information content (AvgIpc) is 3.49. The fourth-order valence-electron chi connectivity index (χ4n) is 3.16. The third kappa shape index (κ3) is 2.60. The number of anilines is 3. The lowest BCUT2D eigenvalue weighted by Crippen LogP contribution is -2.18. The second-order valence-corrected chi connectivity index (χ2v) is 7.01. The number of H-pyrrole nitrogens is 2. The van der Waals surface area contributed by atoms with Crippen molar-refractivity contribution in [2.45, 2.75) is 44.6 Å². The molecule has 2 fully saturated rings. The van der Waals surface area contributed by atoms with Gasteiger partial charge in [-0.2, -0.15) is 15.1 Å². The Kier molecular flexibility index (Phi) is 3.01. The van der Waals surface area contributed by atoms with Crippen LogP contribution in [0.15, 0.2) is 18.3 Å². The van der Waals surface area contributed by atoms with E-state index in [0.717, 1.165) is 28.6 Å². The number of nitrogens with one attached hydrogen (secondary N) is 4. The van der Waals surface area contributed by atoms with Crippen LogP contribution in [0.2, 0.25) is 0 Å². The van der Waals surface area contributed by atoms with Gasteiger partial charge in [0.2, 0.25) is 5.95 Å². The lowest BCUT2D eigenvalue weighted by atomic mass is 10.2. The molecule has 0 aliphatic heterocycles. The van der Waals surface area contributed by atoms with Gasteiger partial charge in [0.05, 0.1) is 5.39 Å². The zero-order valence-electron chi connectivity index (χ0n) is 13.6. The number of aromatic nitrogens is 5. The molecule has 0 bridgehead atoms. The molecule has 1 unspecified atom stereocenters. The Morgan fingerprint density at radius 3 is 2.88 bits per heavy atom. The van der Waals surface area contributed by atoms with Gasteiger partial charge < -0.3 is 15.6 Å². The summed E-state index contributed by atoms with van der Waals surface area (Å²) in [7, 11) is 0. The second-order valence-electron chi connectivity index (χ2n) is 7.01. The molecule has 1 atom stereocenters. The quantitative estimate of drug-likeness (QED) is 0.557. The number of fused-ring (bicyclic) bond motifs is 1. The average molecular weight is 323 g/mol. The first kappa shape index (κ1) is 13.8. The van der Waals surface area contributed by atoms with Crippen LogP contribution in [0.5, 0.6) is 0 Å². The topological polar surface area (TPSA) is 94.3 Å². The molecular weight excluding hydrogens is 302 g/mol. The molecule has 0 amide bonds. The molecule has 3 heterocycles. The molecule has 2 aliphatic carbocycles. The first-order valence-electron chi connectivity index (χ1n) is 8.70. The highest BCUT2D eigenvalue weighted by molar-refractivity contribution is 5.88. The molecular formula is C17H21N7. The summed E-state index contributed by atoms with van der Waals surface area (Å²) in [5, 5.41) is 15.2. The summed E-state index contributed by atoms with van der Waals surface area (Å²) in [6.07, 6.45) is 7.00. The second kappa shape index (κ2) is 5.22. The maximum Gasteiger partial charge on any atom is 0.232 e. The van der Waals surface area contributed by atoms with Crippen LogP contribution in [-0.2, 0) is 0 Å². The summed E-state index contributed by atoms with van der Waals surface area (Å²) in [6.45, 7) is 2.22. The number of hydrogen-bond acceptors (Lipinski definition) is 5. The summed E-state index contributed by atoms with van der Waals surface area (Å²) >= 11 is 0. The SMILES string of the molecule is CC(Nc1nc(Nc2cc(C3CC3)[nH]n2)nc2[nH]ccc12)C1CC1. The van der Waals surface area contributed by atoms with E-state index in [2.05, 4.69) is 48.8 Å². The molecule has 2 saturated carbocycles. The molecule has 124 valence electrons. The lowest BCUT2D eigenvalue weighted by Gasteiger charge is -2.15. The van der Waals surface area contributed by atoms with Crippen LogP contribution in [0.25, 0.3) is 11.0 Å². The van der Waals surface area contributed by atoms with Gasteiger partial charge in [-0.1, -0.05) is 0 Å². The predicted molar refractivity (Wildman–Crippen MR) is 93.5 cm³/mol. The summed E-state index contributed by atoms with van der Waals surface area (Å²) in [6, 6.07) is 4.50. The van der Waals surface area contributed by atoms with Crippen molar-refractivity contribution in [3.8, 4) is 0 Å². The van der Waals surface area contributed by atoms with Crippen LogP contribution in [0.1, 0.15) is 44.2 Å². The molecule has 0 aromatic carbocycles. The normalized spacial score (nSPS) is 18.7. The van der Waals surface area contributed by atoms with E-state index >= 15 is 0 Å². The Morgan fingerprint density at radius 1 is 1.21 bits per heavy atom. The molecule has 4 N–H and O–H groups in total. The number of nitrogens with zero attached hydrogens (tertiary/aromatic N) is 3. The predicted octanol–water partition coefficient (Wildman–Crippen LogP) is 3.51. The number of hydrogen-bond donors (Lipinski definition) is 4. The first-order chi connectivity index (χ1) is 11.8. The molecule has 2 aliphatic rings. The van der Waals surface area contributed by atoms with Gasteiger partial charge in [0.15, 0.2) is 5.82 Å². The Hall–Kier alpha value is -2.57. The van der Waals surface area contributed by atoms with Crippen LogP contribution < -0.4 is 10.6 Å². The Labute approximate surface area is 139 Å². The van der Waals surface area contributed by atoms with Crippen molar-refractivity contribution in [3.05, 3.63) is 24.0 Å². The minimum Gasteiger partial charge on any atom is -0.367 e. The van der Waals surface area contributed by atoms with E-state index in [0.29, 0.717) is 17.9 Å². The van der Waals surface area contributed by atoms with E-state index < -0.39 is 0 Å². The van der Waals surface area contributed by atoms with Crippen LogP contribution in [0.4, 0.5) is 17.6 Å². The van der Waals surface area contributed by atoms with Crippen LogP contribution >= 0.6 is 0 Å². The Balaban J connectivity index is 1.43. The third-order valence-corrected chi connectivity index (χ3v) is 4.96. The first-order valence-corrected chi connectivity index (χ1v) is 8.70. The van der Waals surface area contributed by atoms with Crippen molar-refractivity contribution in [3.63, 3.8) is 0 Å². The smallest absolute Gasteiger partial charge is 0.232 e. The van der Waals surface area contributed by atoms with Gasteiger partial charge >= 0.3 is 0 Å². The minimum absolute atomic E-state index is 0.428. The molecule has 0 radical (unpaired) electrons. The Bertz CT molecular complexity index is 872. The van der Waals surface area contributed by atoms with Crippen molar-refractivity contribution in [1.82, 2.24) is 25.1 Å². The van der Waals surface area contributed by atoms with E-state index in [4.69, 9.17) is 0 Å². The molecule has 5 rings (SSSR count). The van der Waals surface area contributed by atoms with Gasteiger partial charge in [0.1, 0.15) is 11.5 Å². The van der Waals surface area contributed by atoms with Crippen LogP contribution in [0, 0.1) is 5.92 Å². The van der Waals surface area contributed by atoms with Gasteiger partial charge in [-0.05, 0) is 44.6 Å². The molecule has 7 heteroatoms. The zero-order chi connectivity index (χ0) is 16.1. The van der Waals surface area contributed by atoms with Crippen molar-refractivity contribution < 1.29 is 0 Å². The van der Waals surface area contributed by atoms with Gasteiger partial charge in [0.25, 0.3) is 0 Å². The molecule has 0 saturated heterocycles. The number of aromatic amines is 2. The summed E-state index contributed by atoms with van der Waals surface area (Å²) in [5.74, 6) is 3.61. The third-order valence-electron chi connectivity index (χ3n) is 4.96. The highest BCUT2D eigenvalue weighted by Crippen LogP contribution is 2.39. The fraction of sp³-hybridized carbons (Fsp3) is 0.471. The van der Waals surface area contributed by atoms with Crippen molar-refractivity contribution >= 4 is 28.6 Å². The van der Waals surface area contributed by atoms with Crippen molar-refractivity contribution in [2.24, 2.45) is 5.92 Å². The van der Waals surface area contributed by atoms with Crippen molar-refractivity contribution in [1.29, 1.82) is 0 Å². The minimum atomic E-state index is 0.428. The van der Waals surface area contributed by atoms with E-state index in [1.807, 2.05) is 12.3 Å². The largest absolute Gasteiger partial charge is 0.367 e.